The summed E-state index contributed by atoms with van der Waals surface area (Å²) in [6.07, 6.45) is 6.99. The number of fused-ring (bicyclic) bond motifs is 1. The van der Waals surface area contributed by atoms with E-state index >= 15 is 0 Å². The highest BCUT2D eigenvalue weighted by atomic mass is 32.2. The van der Waals surface area contributed by atoms with Crippen molar-refractivity contribution in [2.75, 3.05) is 19.6 Å². The maximum atomic E-state index is 4.71. The Labute approximate surface area is 107 Å². The fourth-order valence-electron chi connectivity index (χ4n) is 3.59. The van der Waals surface area contributed by atoms with E-state index in [2.05, 4.69) is 10.2 Å². The largest absolute Gasteiger partial charge is 0.361 e. The molecule has 3 aliphatic heterocycles. The number of nitrogens with zero attached hydrogens (tertiary/aromatic N) is 2. The molecule has 0 radical (unpaired) electrons. The third-order valence-corrected chi connectivity index (χ3v) is 6.05. The zero-order valence-corrected chi connectivity index (χ0v) is 11.1. The second kappa shape index (κ2) is 4.16. The molecule has 3 unspecified atom stereocenters. The highest BCUT2D eigenvalue weighted by Gasteiger charge is 2.40. The topological polar surface area (TPSA) is 27.6 Å². The fraction of sp³-hybridized carbons (Fsp3) is 0.923. The van der Waals surface area contributed by atoms with E-state index in [0.29, 0.717) is 6.04 Å². The summed E-state index contributed by atoms with van der Waals surface area (Å²) in [5, 5.41) is 5.79. The van der Waals surface area contributed by atoms with Crippen LogP contribution in [0, 0.1) is 5.92 Å². The van der Waals surface area contributed by atoms with Crippen LogP contribution in [0.15, 0.2) is 4.99 Å². The SMILES string of the molecule is C1CC2C(NC3=NCC(C4CC4)S3)CCN2C1. The van der Waals surface area contributed by atoms with Gasteiger partial charge in [-0.1, -0.05) is 11.8 Å². The van der Waals surface area contributed by atoms with Gasteiger partial charge in [-0.3, -0.25) is 9.89 Å². The molecule has 0 aromatic carbocycles. The van der Waals surface area contributed by atoms with Crippen LogP contribution in [0.1, 0.15) is 32.1 Å². The Kier molecular flexibility index (Phi) is 2.61. The smallest absolute Gasteiger partial charge is 0.157 e. The zero-order valence-electron chi connectivity index (χ0n) is 10.3. The molecule has 4 heteroatoms. The van der Waals surface area contributed by atoms with Crippen LogP contribution in [0.2, 0.25) is 0 Å². The molecule has 3 atom stereocenters. The summed E-state index contributed by atoms with van der Waals surface area (Å²) in [7, 11) is 0. The van der Waals surface area contributed by atoms with Gasteiger partial charge in [-0.25, -0.2) is 0 Å². The van der Waals surface area contributed by atoms with E-state index in [1.165, 1.54) is 50.4 Å². The summed E-state index contributed by atoms with van der Waals surface area (Å²) in [6.45, 7) is 3.69. The van der Waals surface area contributed by atoms with E-state index in [4.69, 9.17) is 4.99 Å². The molecule has 0 amide bonds. The molecule has 1 N–H and O–H groups in total. The minimum absolute atomic E-state index is 0.682. The Morgan fingerprint density at radius 3 is 3.00 bits per heavy atom. The van der Waals surface area contributed by atoms with E-state index in [9.17, 15) is 0 Å². The van der Waals surface area contributed by atoms with Gasteiger partial charge in [-0.05, 0) is 44.6 Å². The minimum atomic E-state index is 0.682. The first-order valence-electron chi connectivity index (χ1n) is 7.12. The molecular weight excluding hydrogens is 230 g/mol. The van der Waals surface area contributed by atoms with Gasteiger partial charge >= 0.3 is 0 Å². The first-order chi connectivity index (χ1) is 8.40. The molecule has 1 saturated carbocycles. The molecule has 0 bridgehead atoms. The maximum Gasteiger partial charge on any atom is 0.157 e. The molecule has 3 heterocycles. The number of nitrogens with one attached hydrogen (secondary N) is 1. The van der Waals surface area contributed by atoms with Gasteiger partial charge in [0, 0.05) is 23.9 Å². The van der Waals surface area contributed by atoms with Gasteiger partial charge in [0.15, 0.2) is 5.17 Å². The molecule has 1 aliphatic carbocycles. The van der Waals surface area contributed by atoms with Gasteiger partial charge in [0.25, 0.3) is 0 Å². The normalized spacial score (nSPS) is 41.6. The third-order valence-electron chi connectivity index (χ3n) is 4.74. The van der Waals surface area contributed by atoms with Crippen LogP contribution in [-0.4, -0.2) is 47.0 Å². The molecule has 0 aromatic heterocycles. The van der Waals surface area contributed by atoms with Crippen LogP contribution in [0.3, 0.4) is 0 Å². The van der Waals surface area contributed by atoms with Gasteiger partial charge < -0.3 is 5.32 Å². The van der Waals surface area contributed by atoms with Crippen molar-refractivity contribution in [3.05, 3.63) is 0 Å². The maximum absolute atomic E-state index is 4.71. The first-order valence-corrected chi connectivity index (χ1v) is 8.00. The molecule has 17 heavy (non-hydrogen) atoms. The van der Waals surface area contributed by atoms with E-state index < -0.39 is 0 Å². The quantitative estimate of drug-likeness (QED) is 0.809. The predicted molar refractivity (Wildman–Crippen MR) is 72.5 cm³/mol. The van der Waals surface area contributed by atoms with Crippen molar-refractivity contribution in [1.29, 1.82) is 0 Å². The number of rotatable bonds is 2. The molecule has 2 saturated heterocycles. The van der Waals surface area contributed by atoms with E-state index in [1.807, 2.05) is 11.8 Å². The Hall–Kier alpha value is -0.220. The highest BCUT2D eigenvalue weighted by molar-refractivity contribution is 8.14. The van der Waals surface area contributed by atoms with Gasteiger partial charge in [-0.15, -0.1) is 0 Å². The second-order valence-electron chi connectivity index (χ2n) is 5.92. The standard InChI is InChI=1S/C13H21N3S/c1-2-11-10(5-7-16(11)6-1)15-13-14-8-12(17-13)9-3-4-9/h9-12H,1-8H2,(H,14,15). The van der Waals surface area contributed by atoms with Crippen LogP contribution < -0.4 is 5.32 Å². The molecule has 0 spiro atoms. The predicted octanol–water partition coefficient (Wildman–Crippen LogP) is 1.69. The van der Waals surface area contributed by atoms with Gasteiger partial charge in [0.05, 0.1) is 6.54 Å². The molecule has 3 nitrogen and oxygen atoms in total. The molecular formula is C13H21N3S. The van der Waals surface area contributed by atoms with Crippen molar-refractivity contribution in [3.63, 3.8) is 0 Å². The van der Waals surface area contributed by atoms with Crippen molar-refractivity contribution in [1.82, 2.24) is 10.2 Å². The lowest BCUT2D eigenvalue weighted by atomic mass is 10.1. The monoisotopic (exact) mass is 251 g/mol. The number of aliphatic imine (C=N–C) groups is 1. The Bertz CT molecular complexity index is 340. The van der Waals surface area contributed by atoms with Gasteiger partial charge in [0.1, 0.15) is 0 Å². The summed E-state index contributed by atoms with van der Waals surface area (Å²) in [4.78, 5) is 7.37. The summed E-state index contributed by atoms with van der Waals surface area (Å²) >= 11 is 2.02. The summed E-state index contributed by atoms with van der Waals surface area (Å²) < 4.78 is 0. The third kappa shape index (κ3) is 1.99. The lowest BCUT2D eigenvalue weighted by Crippen LogP contribution is -2.41. The Morgan fingerprint density at radius 1 is 1.18 bits per heavy atom. The van der Waals surface area contributed by atoms with Crippen LogP contribution in [0.4, 0.5) is 0 Å². The second-order valence-corrected chi connectivity index (χ2v) is 7.15. The van der Waals surface area contributed by atoms with E-state index in [0.717, 1.165) is 23.8 Å². The van der Waals surface area contributed by atoms with E-state index in [-0.39, 0.29) is 0 Å². The molecule has 94 valence electrons. The summed E-state index contributed by atoms with van der Waals surface area (Å²) in [5.74, 6) is 0.981. The van der Waals surface area contributed by atoms with Crippen molar-refractivity contribution >= 4 is 16.9 Å². The zero-order chi connectivity index (χ0) is 11.2. The lowest BCUT2D eigenvalue weighted by molar-refractivity contribution is 0.308. The summed E-state index contributed by atoms with van der Waals surface area (Å²) in [6, 6.07) is 1.49. The average Bonchev–Trinajstić information content (AvgIpc) is 2.78. The number of hydrogen-bond donors (Lipinski definition) is 1. The number of hydrogen-bond acceptors (Lipinski definition) is 4. The Morgan fingerprint density at radius 2 is 2.12 bits per heavy atom. The van der Waals surface area contributed by atoms with Crippen molar-refractivity contribution in [2.24, 2.45) is 10.9 Å². The number of thioether (sulfide) groups is 1. The summed E-state index contributed by atoms with van der Waals surface area (Å²) in [5.41, 5.74) is 0. The minimum Gasteiger partial charge on any atom is -0.361 e. The van der Waals surface area contributed by atoms with Crippen LogP contribution in [-0.2, 0) is 0 Å². The first kappa shape index (κ1) is 10.7. The van der Waals surface area contributed by atoms with Crippen molar-refractivity contribution in [3.8, 4) is 0 Å². The average molecular weight is 251 g/mol. The molecule has 4 rings (SSSR count). The van der Waals surface area contributed by atoms with Crippen molar-refractivity contribution < 1.29 is 0 Å². The van der Waals surface area contributed by atoms with Gasteiger partial charge in [-0.2, -0.15) is 0 Å². The fourth-order valence-corrected chi connectivity index (χ4v) is 4.86. The van der Waals surface area contributed by atoms with Crippen LogP contribution >= 0.6 is 11.8 Å². The highest BCUT2D eigenvalue weighted by Crippen LogP contribution is 2.41. The molecule has 3 fully saturated rings. The van der Waals surface area contributed by atoms with Crippen molar-refractivity contribution in [2.45, 2.75) is 49.4 Å². The Balaban J connectivity index is 1.35. The van der Waals surface area contributed by atoms with E-state index in [1.54, 1.807) is 0 Å². The number of amidine groups is 1. The molecule has 4 aliphatic rings. The van der Waals surface area contributed by atoms with Crippen LogP contribution in [0.5, 0.6) is 0 Å². The lowest BCUT2D eigenvalue weighted by Gasteiger charge is -2.22. The van der Waals surface area contributed by atoms with Crippen LogP contribution in [0.25, 0.3) is 0 Å². The van der Waals surface area contributed by atoms with Gasteiger partial charge in [0.2, 0.25) is 0 Å². The molecule has 0 aromatic rings.